The van der Waals surface area contributed by atoms with E-state index in [1.165, 1.54) is 0 Å². The first kappa shape index (κ1) is 10.3. The monoisotopic (exact) mass is 208 g/mol. The Bertz CT molecular complexity index is 298. The number of hydrogen-bond acceptors (Lipinski definition) is 3. The van der Waals surface area contributed by atoms with Gasteiger partial charge in [0.05, 0.1) is 17.5 Å². The fourth-order valence-electron chi connectivity index (χ4n) is 0.742. The Balaban J connectivity index is 3.06. The molecule has 1 aromatic rings. The minimum absolute atomic E-state index is 0.221. The van der Waals surface area contributed by atoms with Gasteiger partial charge in [0.25, 0.3) is 0 Å². The Morgan fingerprint density at radius 3 is 2.54 bits per heavy atom. The van der Waals surface area contributed by atoms with Crippen molar-refractivity contribution >= 4 is 12.6 Å². The normalized spacial score (nSPS) is 14.2. The molecule has 0 aliphatic heterocycles. The highest BCUT2D eigenvalue weighted by Gasteiger charge is 2.31. The number of alkyl halides is 3. The average molecular weight is 208 g/mol. The van der Waals surface area contributed by atoms with Crippen molar-refractivity contribution in [1.29, 1.82) is 0 Å². The summed E-state index contributed by atoms with van der Waals surface area (Å²) in [5.41, 5.74) is -0.573. The number of rotatable bonds is 1. The zero-order chi connectivity index (χ0) is 10.1. The van der Waals surface area contributed by atoms with Crippen LogP contribution in [0.3, 0.4) is 0 Å². The molecule has 0 N–H and O–H groups in total. The van der Waals surface area contributed by atoms with Gasteiger partial charge in [-0.15, -0.1) is 0 Å². The van der Waals surface area contributed by atoms with Gasteiger partial charge >= 0.3 is 6.18 Å². The van der Waals surface area contributed by atoms with Crippen LogP contribution in [0.5, 0.6) is 0 Å². The van der Waals surface area contributed by atoms with Crippen LogP contribution in [0, 0.1) is 0 Å². The number of hydrogen-bond donors (Lipinski definition) is 1. The van der Waals surface area contributed by atoms with E-state index in [4.69, 9.17) is 0 Å². The molecule has 0 fully saturated rings. The minimum Gasteiger partial charge on any atom is -0.170 e. The average Bonchev–Trinajstić information content (AvgIpc) is 2.03. The van der Waals surface area contributed by atoms with Gasteiger partial charge in [-0.3, -0.25) is 0 Å². The summed E-state index contributed by atoms with van der Waals surface area (Å²) in [4.78, 5) is 0. The molecule has 1 atom stereocenters. The SMILES string of the molecule is CC(S)c1cc(C(F)(F)F)cnn1. The Hall–Kier alpha value is -0.780. The van der Waals surface area contributed by atoms with E-state index in [0.717, 1.165) is 6.07 Å². The van der Waals surface area contributed by atoms with Crippen molar-refractivity contribution in [3.63, 3.8) is 0 Å². The lowest BCUT2D eigenvalue weighted by Gasteiger charge is -2.07. The van der Waals surface area contributed by atoms with Crippen LogP contribution >= 0.6 is 12.6 Å². The molecule has 0 spiro atoms. The van der Waals surface area contributed by atoms with Crippen LogP contribution in [0.1, 0.15) is 23.4 Å². The minimum atomic E-state index is -4.37. The lowest BCUT2D eigenvalue weighted by molar-refractivity contribution is -0.138. The Labute approximate surface area is 78.6 Å². The van der Waals surface area contributed by atoms with Gasteiger partial charge in [0.1, 0.15) is 0 Å². The van der Waals surface area contributed by atoms with E-state index >= 15 is 0 Å². The lowest BCUT2D eigenvalue weighted by Crippen LogP contribution is -2.07. The van der Waals surface area contributed by atoms with Gasteiger partial charge in [0.2, 0.25) is 0 Å². The first-order chi connectivity index (χ1) is 5.91. The molecule has 6 heteroatoms. The largest absolute Gasteiger partial charge is 0.418 e. The van der Waals surface area contributed by atoms with Crippen molar-refractivity contribution in [3.05, 3.63) is 23.5 Å². The van der Waals surface area contributed by atoms with Crippen LogP contribution in [0.4, 0.5) is 13.2 Å². The summed E-state index contributed by atoms with van der Waals surface area (Å²) in [6, 6.07) is 0.949. The van der Waals surface area contributed by atoms with Crippen LogP contribution in [-0.4, -0.2) is 10.2 Å². The summed E-state index contributed by atoms with van der Waals surface area (Å²) in [5, 5.41) is 6.43. The molecule has 0 radical (unpaired) electrons. The second-order valence-corrected chi connectivity index (χ2v) is 3.32. The van der Waals surface area contributed by atoms with E-state index in [9.17, 15) is 13.2 Å². The summed E-state index contributed by atoms with van der Waals surface area (Å²) < 4.78 is 36.4. The van der Waals surface area contributed by atoms with E-state index in [-0.39, 0.29) is 10.9 Å². The zero-order valence-corrected chi connectivity index (χ0v) is 7.60. The van der Waals surface area contributed by atoms with E-state index in [0.29, 0.717) is 6.20 Å². The quantitative estimate of drug-likeness (QED) is 0.717. The third kappa shape index (κ3) is 2.58. The molecule has 1 heterocycles. The second-order valence-electron chi connectivity index (χ2n) is 2.54. The molecule has 1 aromatic heterocycles. The van der Waals surface area contributed by atoms with Crippen molar-refractivity contribution in [3.8, 4) is 0 Å². The van der Waals surface area contributed by atoms with E-state index in [1.54, 1.807) is 6.92 Å². The molecule has 1 unspecified atom stereocenters. The molecule has 0 aliphatic rings. The first-order valence-electron chi connectivity index (χ1n) is 3.49. The van der Waals surface area contributed by atoms with Crippen LogP contribution in [0.25, 0.3) is 0 Å². The maximum absolute atomic E-state index is 12.1. The van der Waals surface area contributed by atoms with E-state index < -0.39 is 11.7 Å². The highest BCUT2D eigenvalue weighted by molar-refractivity contribution is 7.80. The number of aromatic nitrogens is 2. The maximum Gasteiger partial charge on any atom is 0.418 e. The standard InChI is InChI=1S/C7H7F3N2S/c1-4(13)6-2-5(3-11-12-6)7(8,9)10/h2-4,13H,1H3. The number of halogens is 3. The van der Waals surface area contributed by atoms with E-state index in [2.05, 4.69) is 22.8 Å². The predicted molar refractivity (Wildman–Crippen MR) is 44.4 cm³/mol. The molecule has 72 valence electrons. The Morgan fingerprint density at radius 1 is 1.46 bits per heavy atom. The van der Waals surface area contributed by atoms with Crippen molar-refractivity contribution in [2.45, 2.75) is 18.3 Å². The Morgan fingerprint density at radius 2 is 2.08 bits per heavy atom. The van der Waals surface area contributed by atoms with Crippen molar-refractivity contribution in [2.24, 2.45) is 0 Å². The molecule has 0 saturated carbocycles. The molecule has 0 bridgehead atoms. The van der Waals surface area contributed by atoms with Crippen molar-refractivity contribution in [2.75, 3.05) is 0 Å². The molecule has 2 nitrogen and oxygen atoms in total. The first-order valence-corrected chi connectivity index (χ1v) is 4.01. The molecule has 0 saturated heterocycles. The molecule has 13 heavy (non-hydrogen) atoms. The van der Waals surface area contributed by atoms with E-state index in [1.807, 2.05) is 0 Å². The van der Waals surface area contributed by atoms with Gasteiger partial charge < -0.3 is 0 Å². The molecular formula is C7H7F3N2S. The highest BCUT2D eigenvalue weighted by atomic mass is 32.1. The fourth-order valence-corrected chi connectivity index (χ4v) is 0.869. The summed E-state index contributed by atoms with van der Waals surface area (Å²) in [6.45, 7) is 1.63. The number of nitrogens with zero attached hydrogens (tertiary/aromatic N) is 2. The predicted octanol–water partition coefficient (Wildman–Crippen LogP) is 2.49. The highest BCUT2D eigenvalue weighted by Crippen LogP contribution is 2.30. The summed E-state index contributed by atoms with van der Waals surface area (Å²) >= 11 is 3.96. The molecular weight excluding hydrogens is 201 g/mol. The summed E-state index contributed by atoms with van der Waals surface area (Å²) in [7, 11) is 0. The van der Waals surface area contributed by atoms with Gasteiger partial charge in [-0.25, -0.2) is 0 Å². The topological polar surface area (TPSA) is 25.8 Å². The van der Waals surface area contributed by atoms with Crippen LogP contribution in [0.15, 0.2) is 12.3 Å². The van der Waals surface area contributed by atoms with Gasteiger partial charge in [0, 0.05) is 5.25 Å². The summed E-state index contributed by atoms with van der Waals surface area (Å²) in [6.07, 6.45) is -3.67. The van der Waals surface area contributed by atoms with Gasteiger partial charge in [0.15, 0.2) is 0 Å². The fraction of sp³-hybridized carbons (Fsp3) is 0.429. The molecule has 0 amide bonds. The maximum atomic E-state index is 12.1. The van der Waals surface area contributed by atoms with Crippen LogP contribution in [-0.2, 0) is 6.18 Å². The summed E-state index contributed by atoms with van der Waals surface area (Å²) in [5.74, 6) is 0. The third-order valence-corrected chi connectivity index (χ3v) is 1.69. The zero-order valence-electron chi connectivity index (χ0n) is 6.71. The van der Waals surface area contributed by atoms with Gasteiger partial charge in [-0.05, 0) is 13.0 Å². The van der Waals surface area contributed by atoms with Crippen LogP contribution in [0.2, 0.25) is 0 Å². The lowest BCUT2D eigenvalue weighted by atomic mass is 10.2. The number of thiol groups is 1. The molecule has 0 aliphatic carbocycles. The third-order valence-electron chi connectivity index (χ3n) is 1.43. The second kappa shape index (κ2) is 3.53. The Kier molecular flexibility index (Phi) is 2.80. The van der Waals surface area contributed by atoms with Crippen molar-refractivity contribution in [1.82, 2.24) is 10.2 Å². The smallest absolute Gasteiger partial charge is 0.170 e. The van der Waals surface area contributed by atoms with Gasteiger partial charge in [-0.1, -0.05) is 0 Å². The van der Waals surface area contributed by atoms with Crippen LogP contribution < -0.4 is 0 Å². The molecule has 0 aromatic carbocycles. The van der Waals surface area contributed by atoms with Gasteiger partial charge in [-0.2, -0.15) is 36.0 Å². The van der Waals surface area contributed by atoms with Crippen molar-refractivity contribution < 1.29 is 13.2 Å². The molecule has 1 rings (SSSR count).